The van der Waals surface area contributed by atoms with Gasteiger partial charge in [-0.3, -0.25) is 0 Å². The van der Waals surface area contributed by atoms with Gasteiger partial charge in [0.15, 0.2) is 11.6 Å². The van der Waals surface area contributed by atoms with E-state index in [1.807, 2.05) is 0 Å². The van der Waals surface area contributed by atoms with Gasteiger partial charge >= 0.3 is 12.3 Å². The maximum atomic E-state index is 13.0. The van der Waals surface area contributed by atoms with Crippen LogP contribution in [0.3, 0.4) is 0 Å². The van der Waals surface area contributed by atoms with Gasteiger partial charge in [-0.15, -0.1) is 5.10 Å². The van der Waals surface area contributed by atoms with Crippen molar-refractivity contribution in [2.24, 2.45) is 0 Å². The zero-order chi connectivity index (χ0) is 21.4. The fraction of sp³-hybridized carbons (Fsp3) is 0.167. The summed E-state index contributed by atoms with van der Waals surface area (Å²) in [5, 5.41) is 12.2. The van der Waals surface area contributed by atoms with Crippen LogP contribution in [-0.2, 0) is 0 Å². The predicted octanol–water partition coefficient (Wildman–Crippen LogP) is 4.44. The number of alkyl halides is 5. The molecule has 0 saturated carbocycles. The smallest absolute Gasteiger partial charge is 0.426 e. The third kappa shape index (κ3) is 4.18. The first kappa shape index (κ1) is 20.2. The number of hydrogen-bond acceptors (Lipinski definition) is 5. The summed E-state index contributed by atoms with van der Waals surface area (Å²) in [6.07, 6.45) is -11.2. The van der Waals surface area contributed by atoms with Crippen LogP contribution in [0.5, 0.6) is 5.75 Å². The van der Waals surface area contributed by atoms with Crippen LogP contribution in [0, 0.1) is 5.41 Å². The molecule has 0 fully saturated rings. The Kier molecular flexibility index (Phi) is 4.99. The number of nitrogens with two attached hydrogens (primary N) is 1. The van der Waals surface area contributed by atoms with E-state index in [-0.39, 0.29) is 17.4 Å². The summed E-state index contributed by atoms with van der Waals surface area (Å²) in [4.78, 5) is 4.29. The minimum Gasteiger partial charge on any atom is -0.426 e. The molecule has 2 aromatic carbocycles. The number of halogens is 5. The highest BCUT2D eigenvalue weighted by Crippen LogP contribution is 2.37. The van der Waals surface area contributed by atoms with Crippen molar-refractivity contribution in [2.45, 2.75) is 19.2 Å². The van der Waals surface area contributed by atoms with Gasteiger partial charge in [-0.25, -0.2) is 9.67 Å². The van der Waals surface area contributed by atoms with E-state index in [9.17, 15) is 22.0 Å². The molecule has 0 aliphatic heterocycles. The SMILES string of the molecule is CC(=N)c1nc(-c2ccc(N)cc2)nn1-c1ccc(OC(F)(F)C(F)(F)F)cc1. The van der Waals surface area contributed by atoms with Gasteiger partial charge < -0.3 is 15.9 Å². The van der Waals surface area contributed by atoms with Crippen molar-refractivity contribution in [1.29, 1.82) is 5.41 Å². The van der Waals surface area contributed by atoms with Crippen molar-refractivity contribution < 1.29 is 26.7 Å². The first-order valence-corrected chi connectivity index (χ1v) is 8.10. The molecule has 11 heteroatoms. The standard InChI is InChI=1S/C18H14F5N5O/c1-10(24)16-26-15(11-2-4-12(25)5-3-11)27-28(16)13-6-8-14(9-7-13)29-18(22,23)17(19,20)21/h2-9,24H,25H2,1H3. The minimum atomic E-state index is -5.84. The highest BCUT2D eigenvalue weighted by Gasteiger charge is 2.61. The van der Waals surface area contributed by atoms with Crippen LogP contribution < -0.4 is 10.5 Å². The highest BCUT2D eigenvalue weighted by atomic mass is 19.4. The second kappa shape index (κ2) is 7.15. The third-order valence-electron chi connectivity index (χ3n) is 3.77. The average molecular weight is 411 g/mol. The first-order valence-electron chi connectivity index (χ1n) is 8.10. The Balaban J connectivity index is 1.94. The number of nitrogen functional groups attached to an aromatic ring is 1. The molecule has 0 atom stereocenters. The van der Waals surface area contributed by atoms with Gasteiger partial charge in [0.1, 0.15) is 5.75 Å². The van der Waals surface area contributed by atoms with Gasteiger partial charge in [0.2, 0.25) is 0 Å². The average Bonchev–Trinajstić information content (AvgIpc) is 3.07. The van der Waals surface area contributed by atoms with Gasteiger partial charge in [0, 0.05) is 11.3 Å². The Hall–Kier alpha value is -3.50. The molecule has 29 heavy (non-hydrogen) atoms. The summed E-state index contributed by atoms with van der Waals surface area (Å²) >= 11 is 0. The Bertz CT molecular complexity index is 1030. The Morgan fingerprint density at radius 2 is 1.59 bits per heavy atom. The molecule has 6 nitrogen and oxygen atoms in total. The quantitative estimate of drug-likeness (QED) is 0.369. The number of anilines is 1. The molecular weight excluding hydrogens is 397 g/mol. The van der Waals surface area contributed by atoms with Crippen LogP contribution >= 0.6 is 0 Å². The van der Waals surface area contributed by atoms with E-state index in [1.165, 1.54) is 23.7 Å². The molecule has 3 rings (SSSR count). The fourth-order valence-electron chi connectivity index (χ4n) is 2.35. The van der Waals surface area contributed by atoms with E-state index >= 15 is 0 Å². The number of nitrogens with one attached hydrogen (secondary N) is 1. The molecule has 0 bridgehead atoms. The predicted molar refractivity (Wildman–Crippen MR) is 95.3 cm³/mol. The van der Waals surface area contributed by atoms with E-state index in [4.69, 9.17) is 11.1 Å². The number of aromatic nitrogens is 3. The van der Waals surface area contributed by atoms with Gasteiger partial charge in [-0.05, 0) is 55.5 Å². The Morgan fingerprint density at radius 1 is 1.00 bits per heavy atom. The van der Waals surface area contributed by atoms with Gasteiger partial charge in [0.25, 0.3) is 0 Å². The van der Waals surface area contributed by atoms with Crippen molar-refractivity contribution in [3.05, 3.63) is 54.4 Å². The second-order valence-electron chi connectivity index (χ2n) is 6.03. The molecule has 0 radical (unpaired) electrons. The topological polar surface area (TPSA) is 89.8 Å². The monoisotopic (exact) mass is 411 g/mol. The summed E-state index contributed by atoms with van der Waals surface area (Å²) < 4.78 is 67.9. The van der Waals surface area contributed by atoms with Crippen LogP contribution in [-0.4, -0.2) is 32.8 Å². The number of nitrogens with zero attached hydrogens (tertiary/aromatic N) is 3. The molecule has 152 valence electrons. The molecule has 1 aromatic heterocycles. The number of hydrogen-bond donors (Lipinski definition) is 2. The van der Waals surface area contributed by atoms with E-state index in [1.54, 1.807) is 24.3 Å². The second-order valence-corrected chi connectivity index (χ2v) is 6.03. The lowest BCUT2D eigenvalue weighted by molar-refractivity contribution is -0.360. The zero-order valence-electron chi connectivity index (χ0n) is 14.8. The Labute approximate surface area is 161 Å². The fourth-order valence-corrected chi connectivity index (χ4v) is 2.35. The van der Waals surface area contributed by atoms with Crippen LogP contribution in [0.25, 0.3) is 17.1 Å². The van der Waals surface area contributed by atoms with E-state index < -0.39 is 18.0 Å². The van der Waals surface area contributed by atoms with Crippen LogP contribution in [0.15, 0.2) is 48.5 Å². The van der Waals surface area contributed by atoms with Crippen LogP contribution in [0.1, 0.15) is 12.7 Å². The Morgan fingerprint density at radius 3 is 2.10 bits per heavy atom. The lowest BCUT2D eigenvalue weighted by Crippen LogP contribution is -2.41. The summed E-state index contributed by atoms with van der Waals surface area (Å²) in [5.41, 5.74) is 7.19. The third-order valence-corrected chi connectivity index (χ3v) is 3.77. The molecule has 0 spiro atoms. The maximum Gasteiger partial charge on any atom is 0.499 e. The van der Waals surface area contributed by atoms with Crippen molar-refractivity contribution in [3.8, 4) is 22.8 Å². The number of benzene rings is 2. The van der Waals surface area contributed by atoms with Crippen molar-refractivity contribution >= 4 is 11.4 Å². The molecule has 0 aliphatic rings. The van der Waals surface area contributed by atoms with E-state index in [0.717, 1.165) is 12.1 Å². The largest absolute Gasteiger partial charge is 0.499 e. The summed E-state index contributed by atoms with van der Waals surface area (Å²) in [5.74, 6) is -0.218. The lowest BCUT2D eigenvalue weighted by atomic mass is 10.2. The van der Waals surface area contributed by atoms with E-state index in [2.05, 4.69) is 14.8 Å². The summed E-state index contributed by atoms with van der Waals surface area (Å²) in [6, 6.07) is 11.0. The molecule has 3 aromatic rings. The molecule has 0 unspecified atom stereocenters. The lowest BCUT2D eigenvalue weighted by Gasteiger charge is -2.20. The maximum absolute atomic E-state index is 13.0. The number of ether oxygens (including phenoxy) is 1. The van der Waals surface area contributed by atoms with E-state index in [0.29, 0.717) is 16.9 Å². The van der Waals surface area contributed by atoms with Crippen LogP contribution in [0.4, 0.5) is 27.6 Å². The molecular formula is C18H14F5N5O. The minimum absolute atomic E-state index is 0.0723. The van der Waals surface area contributed by atoms with Crippen molar-refractivity contribution in [3.63, 3.8) is 0 Å². The molecule has 0 aliphatic carbocycles. The first-order chi connectivity index (χ1) is 13.5. The normalized spacial score (nSPS) is 12.1. The summed E-state index contributed by atoms with van der Waals surface area (Å²) in [7, 11) is 0. The number of rotatable bonds is 5. The zero-order valence-corrected chi connectivity index (χ0v) is 14.8. The van der Waals surface area contributed by atoms with Gasteiger partial charge in [0.05, 0.1) is 11.4 Å². The highest BCUT2D eigenvalue weighted by molar-refractivity contribution is 5.93. The molecule has 3 N–H and O–H groups in total. The molecule has 1 heterocycles. The molecule has 0 saturated heterocycles. The van der Waals surface area contributed by atoms with Crippen molar-refractivity contribution in [2.75, 3.05) is 5.73 Å². The van der Waals surface area contributed by atoms with Gasteiger partial charge in [-0.2, -0.15) is 22.0 Å². The molecule has 0 amide bonds. The summed E-state index contributed by atoms with van der Waals surface area (Å²) in [6.45, 7) is 1.48. The van der Waals surface area contributed by atoms with Crippen molar-refractivity contribution in [1.82, 2.24) is 14.8 Å². The van der Waals surface area contributed by atoms with Gasteiger partial charge in [-0.1, -0.05) is 0 Å². The van der Waals surface area contributed by atoms with Crippen LogP contribution in [0.2, 0.25) is 0 Å².